The maximum Gasteiger partial charge on any atom is 0.326 e. The van der Waals surface area contributed by atoms with Gasteiger partial charge in [0.05, 0.1) is 12.7 Å². The molecule has 2 rings (SSSR count). The van der Waals surface area contributed by atoms with E-state index in [-0.39, 0.29) is 11.8 Å². The summed E-state index contributed by atoms with van der Waals surface area (Å²) in [7, 11) is 1.61. The van der Waals surface area contributed by atoms with Crippen LogP contribution < -0.4 is 10.1 Å². The van der Waals surface area contributed by atoms with Gasteiger partial charge in [0.15, 0.2) is 0 Å². The van der Waals surface area contributed by atoms with Crippen LogP contribution in [0.4, 0.5) is 0 Å². The average Bonchev–Trinajstić information content (AvgIpc) is 2.93. The molecule has 1 heterocycles. The Kier molecular flexibility index (Phi) is 6.08. The van der Waals surface area contributed by atoms with Gasteiger partial charge in [-0.15, -0.1) is 0 Å². The number of carboxylic acids is 1. The smallest absolute Gasteiger partial charge is 0.326 e. The lowest BCUT2D eigenvalue weighted by molar-refractivity contribution is -0.140. The maximum absolute atomic E-state index is 12.7. The third kappa shape index (κ3) is 3.90. The number of aryl methyl sites for hydroxylation is 1. The molecule has 2 N–H and O–H groups in total. The van der Waals surface area contributed by atoms with E-state index in [1.54, 1.807) is 13.2 Å². The molecule has 2 unspecified atom stereocenters. The Labute approximate surface area is 153 Å². The molecule has 1 aromatic heterocycles. The molecule has 6 nitrogen and oxygen atoms in total. The van der Waals surface area contributed by atoms with Crippen LogP contribution in [-0.4, -0.2) is 34.7 Å². The number of nitrogens with one attached hydrogen (secondary N) is 1. The quantitative estimate of drug-likeness (QED) is 0.795. The molecular formula is C20H26N2O4. The maximum atomic E-state index is 12.7. The normalized spacial score (nSPS) is 13.1. The van der Waals surface area contributed by atoms with Crippen LogP contribution >= 0.6 is 0 Å². The van der Waals surface area contributed by atoms with Gasteiger partial charge in [-0.1, -0.05) is 20.3 Å². The van der Waals surface area contributed by atoms with Gasteiger partial charge in [-0.3, -0.25) is 4.79 Å². The summed E-state index contributed by atoms with van der Waals surface area (Å²) in [5, 5.41) is 12.1. The molecule has 2 aromatic rings. The van der Waals surface area contributed by atoms with Crippen molar-refractivity contribution in [3.05, 3.63) is 47.3 Å². The summed E-state index contributed by atoms with van der Waals surface area (Å²) in [6, 6.07) is 8.43. The van der Waals surface area contributed by atoms with Crippen LogP contribution in [0.15, 0.2) is 30.3 Å². The molecule has 0 saturated carbocycles. The predicted molar refractivity (Wildman–Crippen MR) is 100 cm³/mol. The van der Waals surface area contributed by atoms with Crippen molar-refractivity contribution in [3.8, 4) is 11.4 Å². The minimum Gasteiger partial charge on any atom is -0.497 e. The Morgan fingerprint density at radius 3 is 2.35 bits per heavy atom. The van der Waals surface area contributed by atoms with E-state index in [0.717, 1.165) is 22.8 Å². The molecule has 0 radical (unpaired) electrons. The van der Waals surface area contributed by atoms with Gasteiger partial charge in [0.25, 0.3) is 5.91 Å². The number of nitrogens with zero attached hydrogens (tertiary/aromatic N) is 1. The number of amides is 1. The van der Waals surface area contributed by atoms with Gasteiger partial charge in [0.1, 0.15) is 11.8 Å². The van der Waals surface area contributed by atoms with Crippen LogP contribution in [-0.2, 0) is 4.79 Å². The summed E-state index contributed by atoms with van der Waals surface area (Å²) < 4.78 is 7.14. The molecule has 2 atom stereocenters. The first-order valence-electron chi connectivity index (χ1n) is 8.67. The first-order chi connectivity index (χ1) is 12.3. The molecule has 0 aliphatic carbocycles. The zero-order valence-electron chi connectivity index (χ0n) is 15.9. The minimum absolute atomic E-state index is 0.151. The largest absolute Gasteiger partial charge is 0.497 e. The minimum atomic E-state index is -1.02. The monoisotopic (exact) mass is 358 g/mol. The number of aliphatic carboxylic acids is 1. The van der Waals surface area contributed by atoms with Crippen LogP contribution in [0.2, 0.25) is 0 Å². The van der Waals surface area contributed by atoms with E-state index in [1.807, 2.05) is 56.5 Å². The van der Waals surface area contributed by atoms with Gasteiger partial charge in [0.2, 0.25) is 0 Å². The highest BCUT2D eigenvalue weighted by molar-refractivity contribution is 5.98. The Morgan fingerprint density at radius 2 is 1.85 bits per heavy atom. The Morgan fingerprint density at radius 1 is 1.23 bits per heavy atom. The van der Waals surface area contributed by atoms with E-state index in [2.05, 4.69) is 5.32 Å². The van der Waals surface area contributed by atoms with E-state index in [0.29, 0.717) is 12.0 Å². The van der Waals surface area contributed by atoms with Gasteiger partial charge in [-0.25, -0.2) is 4.79 Å². The number of hydrogen-bond acceptors (Lipinski definition) is 3. The lowest BCUT2D eigenvalue weighted by Gasteiger charge is -2.20. The second-order valence-corrected chi connectivity index (χ2v) is 6.49. The second-order valence-electron chi connectivity index (χ2n) is 6.49. The van der Waals surface area contributed by atoms with E-state index in [1.165, 1.54) is 0 Å². The van der Waals surface area contributed by atoms with Crippen molar-refractivity contribution in [2.24, 2.45) is 5.92 Å². The molecular weight excluding hydrogens is 332 g/mol. The number of carbonyl (C=O) groups is 2. The molecule has 6 heteroatoms. The van der Waals surface area contributed by atoms with E-state index in [4.69, 9.17) is 4.74 Å². The van der Waals surface area contributed by atoms with E-state index >= 15 is 0 Å². The van der Waals surface area contributed by atoms with Crippen LogP contribution in [0, 0.1) is 19.8 Å². The summed E-state index contributed by atoms with van der Waals surface area (Å²) in [6.45, 7) is 7.49. The van der Waals surface area contributed by atoms with Crippen LogP contribution in [0.3, 0.4) is 0 Å². The number of carboxylic acid groups (broad SMARTS) is 1. The summed E-state index contributed by atoms with van der Waals surface area (Å²) in [6.07, 6.45) is 0.669. The molecule has 1 amide bonds. The number of hydrogen-bond donors (Lipinski definition) is 2. The third-order valence-corrected chi connectivity index (χ3v) is 4.77. The van der Waals surface area contributed by atoms with Crippen molar-refractivity contribution in [2.75, 3.05) is 7.11 Å². The van der Waals surface area contributed by atoms with Gasteiger partial charge in [-0.2, -0.15) is 0 Å². The number of aromatic nitrogens is 1. The first-order valence-corrected chi connectivity index (χ1v) is 8.67. The highest BCUT2D eigenvalue weighted by atomic mass is 16.5. The summed E-state index contributed by atoms with van der Waals surface area (Å²) >= 11 is 0. The number of ether oxygens (including phenoxy) is 1. The molecule has 1 aromatic carbocycles. The lowest BCUT2D eigenvalue weighted by Crippen LogP contribution is -2.45. The molecule has 0 saturated heterocycles. The van der Waals surface area contributed by atoms with Crippen LogP contribution in [0.25, 0.3) is 5.69 Å². The Bertz CT molecular complexity index is 793. The van der Waals surface area contributed by atoms with E-state index in [9.17, 15) is 14.7 Å². The third-order valence-electron chi connectivity index (χ3n) is 4.77. The number of rotatable bonds is 7. The van der Waals surface area contributed by atoms with Crippen molar-refractivity contribution < 1.29 is 19.4 Å². The second kappa shape index (κ2) is 8.08. The van der Waals surface area contributed by atoms with Gasteiger partial charge in [-0.05, 0) is 50.1 Å². The molecule has 26 heavy (non-hydrogen) atoms. The highest BCUT2D eigenvalue weighted by Crippen LogP contribution is 2.23. The molecule has 0 spiro atoms. The summed E-state index contributed by atoms with van der Waals surface area (Å²) in [5.41, 5.74) is 3.05. The fourth-order valence-corrected chi connectivity index (χ4v) is 3.02. The van der Waals surface area contributed by atoms with Gasteiger partial charge >= 0.3 is 5.97 Å². The lowest BCUT2D eigenvalue weighted by atomic mass is 9.99. The molecule has 0 fully saturated rings. The average molecular weight is 358 g/mol. The molecule has 0 aliphatic rings. The molecule has 140 valence electrons. The number of methoxy groups -OCH3 is 1. The number of carbonyl (C=O) groups excluding carboxylic acids is 1. The van der Waals surface area contributed by atoms with Crippen molar-refractivity contribution in [2.45, 2.75) is 40.2 Å². The zero-order chi connectivity index (χ0) is 19.4. The van der Waals surface area contributed by atoms with Crippen molar-refractivity contribution >= 4 is 11.9 Å². The fraction of sp³-hybridized carbons (Fsp3) is 0.400. The van der Waals surface area contributed by atoms with Crippen LogP contribution in [0.1, 0.15) is 42.0 Å². The summed E-state index contributed by atoms with van der Waals surface area (Å²) in [5.74, 6) is -0.782. The van der Waals surface area contributed by atoms with Crippen LogP contribution in [0.5, 0.6) is 5.75 Å². The SMILES string of the molecule is CCC(C)C(NC(=O)c1cc(C)n(-c2ccc(OC)cc2)c1C)C(=O)O. The zero-order valence-corrected chi connectivity index (χ0v) is 15.9. The molecule has 0 bridgehead atoms. The van der Waals surface area contributed by atoms with E-state index < -0.39 is 12.0 Å². The standard InChI is InChI=1S/C20H26N2O4/c1-6-12(2)18(20(24)25)21-19(23)17-11-13(3)22(14(17)4)15-7-9-16(26-5)10-8-15/h7-12,18H,6H2,1-5H3,(H,21,23)(H,24,25). The van der Waals surface area contributed by atoms with Gasteiger partial charge < -0.3 is 19.7 Å². The first kappa shape index (κ1) is 19.6. The van der Waals surface area contributed by atoms with Crippen molar-refractivity contribution in [1.82, 2.24) is 9.88 Å². The Balaban J connectivity index is 2.33. The van der Waals surface area contributed by atoms with Gasteiger partial charge in [0, 0.05) is 17.1 Å². The highest BCUT2D eigenvalue weighted by Gasteiger charge is 2.27. The van der Waals surface area contributed by atoms with Crippen molar-refractivity contribution in [1.29, 1.82) is 0 Å². The summed E-state index contributed by atoms with van der Waals surface area (Å²) in [4.78, 5) is 24.2. The van der Waals surface area contributed by atoms with Crippen molar-refractivity contribution in [3.63, 3.8) is 0 Å². The number of benzene rings is 1. The predicted octanol–water partition coefficient (Wildman–Crippen LogP) is 3.33. The fourth-order valence-electron chi connectivity index (χ4n) is 3.02. The molecule has 0 aliphatic heterocycles. The Hall–Kier alpha value is -2.76. The topological polar surface area (TPSA) is 80.6 Å².